The average molecular weight is 341 g/mol. The van der Waals surface area contributed by atoms with E-state index in [1.165, 1.54) is 12.1 Å². The van der Waals surface area contributed by atoms with E-state index in [-0.39, 0.29) is 12.2 Å². The second kappa shape index (κ2) is 6.17. The highest BCUT2D eigenvalue weighted by Gasteiger charge is 2.13. The number of hydrogen-bond acceptors (Lipinski definition) is 3. The molecule has 20 heavy (non-hydrogen) atoms. The number of hydrogen-bond donors (Lipinski definition) is 0. The van der Waals surface area contributed by atoms with Crippen LogP contribution in [0.4, 0.5) is 4.39 Å². The molecule has 0 saturated carbocycles. The standard InChI is InChI=1S/C14H14BrFN2O2/c1-3-12-14(15)13(18(2)17-12)8-20-11-5-9(7-19)4-10(16)6-11/h4-7H,3,8H2,1-2H3. The molecule has 1 aromatic heterocycles. The molecule has 0 amide bonds. The van der Waals surface area contributed by atoms with Crippen LogP contribution in [0.5, 0.6) is 5.75 Å². The Balaban J connectivity index is 2.18. The van der Waals surface area contributed by atoms with Gasteiger partial charge >= 0.3 is 0 Å². The number of aryl methyl sites for hydroxylation is 2. The predicted octanol–water partition coefficient (Wildman–Crippen LogP) is 3.28. The van der Waals surface area contributed by atoms with Gasteiger partial charge in [0.25, 0.3) is 0 Å². The van der Waals surface area contributed by atoms with Gasteiger partial charge in [0.2, 0.25) is 0 Å². The first-order valence-electron chi connectivity index (χ1n) is 6.14. The summed E-state index contributed by atoms with van der Waals surface area (Å²) in [5.41, 5.74) is 2.05. The van der Waals surface area contributed by atoms with E-state index in [2.05, 4.69) is 21.0 Å². The number of nitrogens with zero attached hydrogens (tertiary/aromatic N) is 2. The molecule has 2 rings (SSSR count). The number of ether oxygens (including phenoxy) is 1. The number of carbonyl (C=O) groups excluding carboxylic acids is 1. The van der Waals surface area contributed by atoms with Gasteiger partial charge in [-0.05, 0) is 34.5 Å². The van der Waals surface area contributed by atoms with Crippen molar-refractivity contribution in [1.82, 2.24) is 9.78 Å². The van der Waals surface area contributed by atoms with Gasteiger partial charge in [-0.1, -0.05) is 6.92 Å². The average Bonchev–Trinajstić information content (AvgIpc) is 2.70. The molecule has 0 N–H and O–H groups in total. The highest BCUT2D eigenvalue weighted by molar-refractivity contribution is 9.10. The molecule has 0 unspecified atom stereocenters. The van der Waals surface area contributed by atoms with Crippen LogP contribution in [0, 0.1) is 5.82 Å². The van der Waals surface area contributed by atoms with Crippen molar-refractivity contribution in [1.29, 1.82) is 0 Å². The van der Waals surface area contributed by atoms with E-state index >= 15 is 0 Å². The lowest BCUT2D eigenvalue weighted by Crippen LogP contribution is -2.04. The molecule has 6 heteroatoms. The first kappa shape index (κ1) is 14.7. The molecule has 0 aliphatic rings. The summed E-state index contributed by atoms with van der Waals surface area (Å²) in [4.78, 5) is 10.7. The van der Waals surface area contributed by atoms with Gasteiger partial charge < -0.3 is 4.74 Å². The smallest absolute Gasteiger partial charge is 0.150 e. The molecular weight excluding hydrogens is 327 g/mol. The van der Waals surface area contributed by atoms with Gasteiger partial charge in [-0.25, -0.2) is 4.39 Å². The van der Waals surface area contributed by atoms with Gasteiger partial charge in [0.15, 0.2) is 0 Å². The zero-order valence-electron chi connectivity index (χ0n) is 11.2. The largest absolute Gasteiger partial charge is 0.487 e. The maximum atomic E-state index is 13.3. The maximum absolute atomic E-state index is 13.3. The van der Waals surface area contributed by atoms with Crippen molar-refractivity contribution in [2.45, 2.75) is 20.0 Å². The third-order valence-electron chi connectivity index (χ3n) is 2.91. The zero-order chi connectivity index (χ0) is 14.7. The Hall–Kier alpha value is -1.69. The predicted molar refractivity (Wildman–Crippen MR) is 76.4 cm³/mol. The van der Waals surface area contributed by atoms with E-state index in [4.69, 9.17) is 4.74 Å². The van der Waals surface area contributed by atoms with Crippen LogP contribution in [0.3, 0.4) is 0 Å². The Labute approximate surface area is 124 Å². The van der Waals surface area contributed by atoms with Gasteiger partial charge in [0.05, 0.1) is 15.9 Å². The van der Waals surface area contributed by atoms with Crippen LogP contribution in [0.15, 0.2) is 22.7 Å². The third-order valence-corrected chi connectivity index (χ3v) is 3.82. The molecule has 1 heterocycles. The lowest BCUT2D eigenvalue weighted by molar-refractivity contribution is 0.112. The topological polar surface area (TPSA) is 44.1 Å². The lowest BCUT2D eigenvalue weighted by atomic mass is 10.2. The number of aromatic nitrogens is 2. The minimum atomic E-state index is -0.497. The van der Waals surface area contributed by atoms with Crippen LogP contribution >= 0.6 is 15.9 Å². The van der Waals surface area contributed by atoms with Crippen LogP contribution in [0.25, 0.3) is 0 Å². The normalized spacial score (nSPS) is 10.6. The molecule has 4 nitrogen and oxygen atoms in total. The van der Waals surface area contributed by atoms with E-state index in [9.17, 15) is 9.18 Å². The van der Waals surface area contributed by atoms with Crippen LogP contribution in [0.1, 0.15) is 28.7 Å². The summed E-state index contributed by atoms with van der Waals surface area (Å²) in [5, 5.41) is 4.35. The number of benzene rings is 1. The van der Waals surface area contributed by atoms with Gasteiger partial charge in [-0.3, -0.25) is 9.48 Å². The highest BCUT2D eigenvalue weighted by Crippen LogP contribution is 2.24. The molecule has 0 atom stereocenters. The summed E-state index contributed by atoms with van der Waals surface area (Å²) in [6.07, 6.45) is 1.40. The number of halogens is 2. The van der Waals surface area contributed by atoms with Gasteiger partial charge in [0, 0.05) is 18.7 Å². The molecule has 106 valence electrons. The Morgan fingerprint density at radius 2 is 2.20 bits per heavy atom. The molecule has 0 aliphatic heterocycles. The number of rotatable bonds is 5. The Kier molecular flexibility index (Phi) is 4.54. The van der Waals surface area contributed by atoms with Gasteiger partial charge in [-0.2, -0.15) is 5.10 Å². The minimum Gasteiger partial charge on any atom is -0.487 e. The number of carbonyl (C=O) groups is 1. The third kappa shape index (κ3) is 3.07. The quantitative estimate of drug-likeness (QED) is 0.784. The molecule has 0 spiro atoms. The summed E-state index contributed by atoms with van der Waals surface area (Å²) in [5.74, 6) is -0.179. The maximum Gasteiger partial charge on any atom is 0.150 e. The Morgan fingerprint density at radius 3 is 2.80 bits per heavy atom. The van der Waals surface area contributed by atoms with Crippen molar-refractivity contribution in [3.05, 3.63) is 45.4 Å². The molecule has 0 radical (unpaired) electrons. The fourth-order valence-corrected chi connectivity index (χ4v) is 2.59. The second-order valence-electron chi connectivity index (χ2n) is 4.31. The van der Waals surface area contributed by atoms with Crippen molar-refractivity contribution in [3.63, 3.8) is 0 Å². The molecule has 2 aromatic rings. The monoisotopic (exact) mass is 340 g/mol. The summed E-state index contributed by atoms with van der Waals surface area (Å²) in [6, 6.07) is 3.91. The molecule has 0 aliphatic carbocycles. The van der Waals surface area contributed by atoms with Crippen LogP contribution in [-0.2, 0) is 20.1 Å². The van der Waals surface area contributed by atoms with Crippen LogP contribution in [-0.4, -0.2) is 16.1 Å². The highest BCUT2D eigenvalue weighted by atomic mass is 79.9. The van der Waals surface area contributed by atoms with Crippen molar-refractivity contribution in [2.75, 3.05) is 0 Å². The molecule has 0 bridgehead atoms. The summed E-state index contributed by atoms with van der Waals surface area (Å²) in [6.45, 7) is 2.26. The molecule has 0 fully saturated rings. The van der Waals surface area contributed by atoms with E-state index in [1.807, 2.05) is 14.0 Å². The Bertz CT molecular complexity index is 640. The van der Waals surface area contributed by atoms with E-state index in [0.29, 0.717) is 12.0 Å². The van der Waals surface area contributed by atoms with E-state index < -0.39 is 5.82 Å². The van der Waals surface area contributed by atoms with Crippen LogP contribution < -0.4 is 4.74 Å². The van der Waals surface area contributed by atoms with Crippen molar-refractivity contribution < 1.29 is 13.9 Å². The zero-order valence-corrected chi connectivity index (χ0v) is 12.8. The first-order valence-corrected chi connectivity index (χ1v) is 6.93. The fraction of sp³-hybridized carbons (Fsp3) is 0.286. The van der Waals surface area contributed by atoms with Crippen LogP contribution in [0.2, 0.25) is 0 Å². The Morgan fingerprint density at radius 1 is 1.45 bits per heavy atom. The lowest BCUT2D eigenvalue weighted by Gasteiger charge is -2.08. The fourth-order valence-electron chi connectivity index (χ4n) is 1.86. The van der Waals surface area contributed by atoms with E-state index in [0.717, 1.165) is 28.3 Å². The minimum absolute atomic E-state index is 0.242. The van der Waals surface area contributed by atoms with Gasteiger partial charge in [-0.15, -0.1) is 0 Å². The number of aldehydes is 1. The van der Waals surface area contributed by atoms with Gasteiger partial charge in [0.1, 0.15) is 24.5 Å². The molecular formula is C14H14BrFN2O2. The van der Waals surface area contributed by atoms with Crippen molar-refractivity contribution in [2.24, 2.45) is 7.05 Å². The first-order chi connectivity index (χ1) is 9.55. The molecule has 0 saturated heterocycles. The van der Waals surface area contributed by atoms with Crippen molar-refractivity contribution >= 4 is 22.2 Å². The van der Waals surface area contributed by atoms with E-state index in [1.54, 1.807) is 4.68 Å². The molecule has 1 aromatic carbocycles. The van der Waals surface area contributed by atoms with Crippen molar-refractivity contribution in [3.8, 4) is 5.75 Å². The summed E-state index contributed by atoms with van der Waals surface area (Å²) < 4.78 is 21.5. The SMILES string of the molecule is CCc1nn(C)c(COc2cc(F)cc(C=O)c2)c1Br. The second-order valence-corrected chi connectivity index (χ2v) is 5.10. The summed E-state index contributed by atoms with van der Waals surface area (Å²) >= 11 is 3.48. The summed E-state index contributed by atoms with van der Waals surface area (Å²) in [7, 11) is 1.82.